The zero-order chi connectivity index (χ0) is 14.6. The van der Waals surface area contributed by atoms with E-state index in [2.05, 4.69) is 10.3 Å². The van der Waals surface area contributed by atoms with E-state index in [4.69, 9.17) is 11.6 Å². The van der Waals surface area contributed by atoms with E-state index in [1.807, 2.05) is 6.92 Å². The van der Waals surface area contributed by atoms with Crippen LogP contribution in [0, 0.1) is 0 Å². The van der Waals surface area contributed by atoms with Gasteiger partial charge in [-0.1, -0.05) is 11.6 Å². The van der Waals surface area contributed by atoms with Gasteiger partial charge in [-0.05, 0) is 26.8 Å². The summed E-state index contributed by atoms with van der Waals surface area (Å²) in [7, 11) is 1.71. The van der Waals surface area contributed by atoms with E-state index in [1.54, 1.807) is 31.9 Å². The fourth-order valence-corrected chi connectivity index (χ4v) is 1.98. The first-order chi connectivity index (χ1) is 8.78. The number of hydrogen-bond acceptors (Lipinski definition) is 4. The molecule has 5 nitrogen and oxygen atoms in total. The minimum atomic E-state index is -0.937. The van der Waals surface area contributed by atoms with Gasteiger partial charge in [0.1, 0.15) is 5.82 Å². The smallest absolute Gasteiger partial charge is 0.255 e. The van der Waals surface area contributed by atoms with Crippen molar-refractivity contribution in [1.29, 1.82) is 0 Å². The molecule has 0 aromatic carbocycles. The molecule has 1 aromatic heterocycles. The Balaban J connectivity index is 2.95. The Morgan fingerprint density at radius 3 is 2.63 bits per heavy atom. The quantitative estimate of drug-likeness (QED) is 0.868. The van der Waals surface area contributed by atoms with Gasteiger partial charge in [-0.25, -0.2) is 4.98 Å². The van der Waals surface area contributed by atoms with Crippen molar-refractivity contribution in [2.24, 2.45) is 0 Å². The summed E-state index contributed by atoms with van der Waals surface area (Å²) in [5.74, 6) is 0.338. The zero-order valence-corrected chi connectivity index (χ0v) is 12.5. The first kappa shape index (κ1) is 15.7. The largest absolute Gasteiger partial charge is 0.389 e. The maximum absolute atomic E-state index is 12.3. The number of likely N-dealkylation sites (N-methyl/N-ethyl adjacent to an activating group) is 1. The lowest BCUT2D eigenvalue weighted by atomic mass is 10.1. The molecule has 0 saturated carbocycles. The number of nitrogens with one attached hydrogen (secondary N) is 1. The van der Waals surface area contributed by atoms with Crippen LogP contribution in [0.2, 0.25) is 5.02 Å². The Labute approximate surface area is 118 Å². The lowest BCUT2D eigenvalue weighted by molar-refractivity contribution is 0.0314. The van der Waals surface area contributed by atoms with E-state index in [0.29, 0.717) is 22.9 Å². The van der Waals surface area contributed by atoms with E-state index in [1.165, 1.54) is 6.20 Å². The average Bonchev–Trinajstić information content (AvgIpc) is 2.34. The predicted octanol–water partition coefficient (Wildman–Crippen LogP) is 2.01. The van der Waals surface area contributed by atoms with Gasteiger partial charge in [-0.3, -0.25) is 4.79 Å². The summed E-state index contributed by atoms with van der Waals surface area (Å²) >= 11 is 6.01. The molecule has 0 radical (unpaired) electrons. The second-order valence-electron chi connectivity index (χ2n) is 4.94. The molecule has 0 aliphatic rings. The van der Waals surface area contributed by atoms with Crippen molar-refractivity contribution < 1.29 is 9.90 Å². The average molecular weight is 286 g/mol. The number of aromatic nitrogens is 1. The summed E-state index contributed by atoms with van der Waals surface area (Å²) in [6.45, 7) is 5.96. The number of rotatable bonds is 5. The summed E-state index contributed by atoms with van der Waals surface area (Å²) in [5.41, 5.74) is -0.525. The summed E-state index contributed by atoms with van der Waals surface area (Å²) in [6, 6.07) is 1.58. The van der Waals surface area contributed by atoms with Crippen LogP contribution in [0.5, 0.6) is 0 Å². The number of carbonyl (C=O) groups excluding carboxylic acids is 1. The van der Waals surface area contributed by atoms with Gasteiger partial charge in [0.2, 0.25) is 0 Å². The molecule has 0 atom stereocenters. The van der Waals surface area contributed by atoms with Gasteiger partial charge < -0.3 is 15.3 Å². The maximum atomic E-state index is 12.3. The number of anilines is 1. The minimum absolute atomic E-state index is 0.193. The van der Waals surface area contributed by atoms with Gasteiger partial charge in [0.15, 0.2) is 0 Å². The highest BCUT2D eigenvalue weighted by Crippen LogP contribution is 2.20. The molecule has 0 saturated heterocycles. The number of amides is 1. The van der Waals surface area contributed by atoms with E-state index in [0.717, 1.165) is 0 Å². The maximum Gasteiger partial charge on any atom is 0.255 e. The van der Waals surface area contributed by atoms with Crippen molar-refractivity contribution in [2.45, 2.75) is 26.4 Å². The van der Waals surface area contributed by atoms with E-state index in [-0.39, 0.29) is 12.5 Å². The van der Waals surface area contributed by atoms with Gasteiger partial charge in [-0.2, -0.15) is 0 Å². The minimum Gasteiger partial charge on any atom is -0.389 e. The molecule has 1 heterocycles. The van der Waals surface area contributed by atoms with E-state index < -0.39 is 5.60 Å². The third kappa shape index (κ3) is 4.36. The molecule has 0 spiro atoms. The van der Waals surface area contributed by atoms with Gasteiger partial charge in [0.05, 0.1) is 16.2 Å². The number of aliphatic hydroxyl groups is 1. The monoisotopic (exact) mass is 285 g/mol. The first-order valence-electron chi connectivity index (χ1n) is 6.13. The van der Waals surface area contributed by atoms with Crippen LogP contribution in [-0.4, -0.2) is 46.6 Å². The van der Waals surface area contributed by atoms with Gasteiger partial charge in [-0.15, -0.1) is 0 Å². The molecule has 0 bridgehead atoms. The molecule has 0 unspecified atom stereocenters. The summed E-state index contributed by atoms with van der Waals surface area (Å²) in [6.07, 6.45) is 1.48. The molecule has 106 valence electrons. The molecule has 19 heavy (non-hydrogen) atoms. The SMILES string of the molecule is CCN(CC(C)(C)O)C(=O)c1cnc(NC)c(Cl)c1. The molecule has 6 heteroatoms. The highest BCUT2D eigenvalue weighted by molar-refractivity contribution is 6.33. The molecule has 2 N–H and O–H groups in total. The van der Waals surface area contributed by atoms with Crippen LogP contribution in [0.1, 0.15) is 31.1 Å². The Kier molecular flexibility index (Phi) is 5.14. The number of nitrogens with zero attached hydrogens (tertiary/aromatic N) is 2. The highest BCUT2D eigenvalue weighted by atomic mass is 35.5. The standard InChI is InChI=1S/C13H20ClN3O2/c1-5-17(8-13(2,3)19)12(18)9-6-10(14)11(15-4)16-7-9/h6-7,19H,5,8H2,1-4H3,(H,15,16). The van der Waals surface area contributed by atoms with Gasteiger partial charge in [0.25, 0.3) is 5.91 Å². The lowest BCUT2D eigenvalue weighted by Crippen LogP contribution is -2.42. The van der Waals surface area contributed by atoms with Gasteiger partial charge in [0, 0.05) is 26.3 Å². The van der Waals surface area contributed by atoms with E-state index in [9.17, 15) is 9.90 Å². The first-order valence-corrected chi connectivity index (χ1v) is 6.51. The van der Waals surface area contributed by atoms with Crippen LogP contribution < -0.4 is 5.32 Å². The molecule has 0 aliphatic heterocycles. The fraction of sp³-hybridized carbons (Fsp3) is 0.538. The third-order valence-corrected chi connectivity index (χ3v) is 2.86. The van der Waals surface area contributed by atoms with Crippen LogP contribution in [0.25, 0.3) is 0 Å². The molecular formula is C13H20ClN3O2. The summed E-state index contributed by atoms with van der Waals surface area (Å²) in [5, 5.41) is 13.0. The van der Waals surface area contributed by atoms with Crippen LogP contribution in [0.15, 0.2) is 12.3 Å². The van der Waals surface area contributed by atoms with Crippen LogP contribution in [0.3, 0.4) is 0 Å². The van der Waals surface area contributed by atoms with Crippen LogP contribution in [-0.2, 0) is 0 Å². The second-order valence-corrected chi connectivity index (χ2v) is 5.34. The van der Waals surface area contributed by atoms with Crippen molar-refractivity contribution in [3.8, 4) is 0 Å². The lowest BCUT2D eigenvalue weighted by Gasteiger charge is -2.28. The second kappa shape index (κ2) is 6.21. The number of hydrogen-bond donors (Lipinski definition) is 2. The number of carbonyl (C=O) groups is 1. The predicted molar refractivity (Wildman–Crippen MR) is 76.7 cm³/mol. The Morgan fingerprint density at radius 1 is 1.58 bits per heavy atom. The number of halogens is 1. The molecule has 0 fully saturated rings. The molecule has 0 aliphatic carbocycles. The van der Waals surface area contributed by atoms with Crippen LogP contribution >= 0.6 is 11.6 Å². The highest BCUT2D eigenvalue weighted by Gasteiger charge is 2.22. The Morgan fingerprint density at radius 2 is 2.21 bits per heavy atom. The zero-order valence-electron chi connectivity index (χ0n) is 11.7. The number of pyridine rings is 1. The Bertz CT molecular complexity index is 458. The molecular weight excluding hydrogens is 266 g/mol. The summed E-state index contributed by atoms with van der Waals surface area (Å²) < 4.78 is 0. The fourth-order valence-electron chi connectivity index (χ4n) is 1.72. The van der Waals surface area contributed by atoms with Crippen molar-refractivity contribution in [1.82, 2.24) is 9.88 Å². The summed E-state index contributed by atoms with van der Waals surface area (Å²) in [4.78, 5) is 17.9. The third-order valence-electron chi connectivity index (χ3n) is 2.57. The molecule has 1 amide bonds. The van der Waals surface area contributed by atoms with Crippen molar-refractivity contribution in [3.63, 3.8) is 0 Å². The molecule has 1 aromatic rings. The molecule has 1 rings (SSSR count). The topological polar surface area (TPSA) is 65.5 Å². The van der Waals surface area contributed by atoms with E-state index >= 15 is 0 Å². The normalized spacial score (nSPS) is 11.3. The Hall–Kier alpha value is -1.33. The van der Waals surface area contributed by atoms with Gasteiger partial charge >= 0.3 is 0 Å². The van der Waals surface area contributed by atoms with Crippen LogP contribution in [0.4, 0.5) is 5.82 Å². The van der Waals surface area contributed by atoms with Crippen molar-refractivity contribution in [2.75, 3.05) is 25.5 Å². The van der Waals surface area contributed by atoms with Crippen molar-refractivity contribution in [3.05, 3.63) is 22.8 Å². The van der Waals surface area contributed by atoms with Crippen molar-refractivity contribution >= 4 is 23.3 Å².